The van der Waals surface area contributed by atoms with Crippen LogP contribution < -0.4 is 14.2 Å². The van der Waals surface area contributed by atoms with Crippen molar-refractivity contribution in [2.24, 2.45) is 0 Å². The molecule has 0 saturated heterocycles. The Morgan fingerprint density at radius 2 is 1.61 bits per heavy atom. The number of carbonyl (C=O) groups is 1. The van der Waals surface area contributed by atoms with Crippen LogP contribution in [-0.4, -0.2) is 32.2 Å². The molecule has 23 heavy (non-hydrogen) atoms. The van der Waals surface area contributed by atoms with Crippen LogP contribution in [0.4, 0.5) is 0 Å². The Hall–Kier alpha value is -2.95. The lowest BCUT2D eigenvalue weighted by Gasteiger charge is -2.07. The third-order valence-electron chi connectivity index (χ3n) is 3.33. The summed E-state index contributed by atoms with van der Waals surface area (Å²) in [6.45, 7) is 0. The predicted octanol–water partition coefficient (Wildman–Crippen LogP) is 3.31. The molecule has 2 rings (SSSR count). The summed E-state index contributed by atoms with van der Waals surface area (Å²) in [4.78, 5) is 12.2. The zero-order valence-electron chi connectivity index (χ0n) is 13.2. The number of ketones is 1. The molecule has 0 aliphatic heterocycles. The second-order valence-corrected chi connectivity index (χ2v) is 4.69. The lowest BCUT2D eigenvalue weighted by molar-refractivity contribution is 0.104. The van der Waals surface area contributed by atoms with Gasteiger partial charge in [0, 0.05) is 17.7 Å². The van der Waals surface area contributed by atoms with Crippen LogP contribution >= 0.6 is 0 Å². The minimum absolute atomic E-state index is 0.124. The summed E-state index contributed by atoms with van der Waals surface area (Å²) in [6.07, 6.45) is 3.01. The minimum Gasteiger partial charge on any atom is -0.507 e. The molecule has 0 saturated carbocycles. The highest BCUT2D eigenvalue weighted by molar-refractivity contribution is 6.08. The van der Waals surface area contributed by atoms with Gasteiger partial charge in [0.05, 0.1) is 26.9 Å². The fourth-order valence-corrected chi connectivity index (χ4v) is 2.06. The van der Waals surface area contributed by atoms with Gasteiger partial charge in [-0.05, 0) is 36.4 Å². The first kappa shape index (κ1) is 16.4. The van der Waals surface area contributed by atoms with Gasteiger partial charge in [0.1, 0.15) is 23.0 Å². The van der Waals surface area contributed by atoms with Crippen LogP contribution in [0.3, 0.4) is 0 Å². The van der Waals surface area contributed by atoms with Gasteiger partial charge < -0.3 is 19.3 Å². The van der Waals surface area contributed by atoms with Crippen molar-refractivity contribution in [2.45, 2.75) is 0 Å². The first-order chi connectivity index (χ1) is 11.1. The fourth-order valence-electron chi connectivity index (χ4n) is 2.06. The van der Waals surface area contributed by atoms with Crippen molar-refractivity contribution < 1.29 is 24.1 Å². The fraction of sp³-hybridized carbons (Fsp3) is 0.167. The number of phenolic OH excluding ortho intramolecular Hbond substituents is 1. The summed E-state index contributed by atoms with van der Waals surface area (Å²) < 4.78 is 15.4. The number of allylic oxidation sites excluding steroid dienone is 1. The van der Waals surface area contributed by atoms with Gasteiger partial charge in [-0.3, -0.25) is 4.79 Å². The summed E-state index contributed by atoms with van der Waals surface area (Å²) >= 11 is 0. The first-order valence-corrected chi connectivity index (χ1v) is 6.90. The van der Waals surface area contributed by atoms with Gasteiger partial charge in [-0.25, -0.2) is 0 Å². The zero-order chi connectivity index (χ0) is 16.8. The van der Waals surface area contributed by atoms with Crippen molar-refractivity contribution in [3.63, 3.8) is 0 Å². The maximum atomic E-state index is 12.2. The van der Waals surface area contributed by atoms with Crippen molar-refractivity contribution in [3.8, 4) is 23.0 Å². The summed E-state index contributed by atoms with van der Waals surface area (Å²) in [5.41, 5.74) is 0.934. The maximum absolute atomic E-state index is 12.2. The van der Waals surface area contributed by atoms with Gasteiger partial charge >= 0.3 is 0 Å². The Kier molecular flexibility index (Phi) is 5.25. The molecule has 0 spiro atoms. The molecule has 0 radical (unpaired) electrons. The van der Waals surface area contributed by atoms with Crippen LogP contribution in [0.1, 0.15) is 15.9 Å². The Balaban J connectivity index is 2.24. The van der Waals surface area contributed by atoms with E-state index in [-0.39, 0.29) is 17.1 Å². The molecule has 0 aliphatic carbocycles. The van der Waals surface area contributed by atoms with E-state index in [1.54, 1.807) is 44.6 Å². The van der Waals surface area contributed by atoms with E-state index in [0.29, 0.717) is 17.2 Å². The van der Waals surface area contributed by atoms with Crippen molar-refractivity contribution in [1.82, 2.24) is 0 Å². The number of hydrogen-bond donors (Lipinski definition) is 1. The molecule has 5 heteroatoms. The second-order valence-electron chi connectivity index (χ2n) is 4.69. The van der Waals surface area contributed by atoms with Crippen molar-refractivity contribution in [2.75, 3.05) is 21.3 Å². The SMILES string of the molecule is COc1ccc(C(=O)C=Cc2ccc(OC)cc2OC)c(O)c1. The molecule has 120 valence electrons. The molecule has 0 atom stereocenters. The zero-order valence-corrected chi connectivity index (χ0v) is 13.2. The van der Waals surface area contributed by atoms with Crippen LogP contribution in [-0.2, 0) is 0 Å². The van der Waals surface area contributed by atoms with Crippen LogP contribution in [0.5, 0.6) is 23.0 Å². The number of phenols is 1. The van der Waals surface area contributed by atoms with E-state index >= 15 is 0 Å². The van der Waals surface area contributed by atoms with E-state index in [0.717, 1.165) is 5.56 Å². The molecular weight excluding hydrogens is 296 g/mol. The van der Waals surface area contributed by atoms with Gasteiger partial charge in [0.2, 0.25) is 0 Å². The molecule has 0 bridgehead atoms. The maximum Gasteiger partial charge on any atom is 0.189 e. The van der Waals surface area contributed by atoms with E-state index in [1.807, 2.05) is 0 Å². The number of methoxy groups -OCH3 is 3. The van der Waals surface area contributed by atoms with Crippen LogP contribution in [0.2, 0.25) is 0 Å². The Bertz CT molecular complexity index is 734. The number of ether oxygens (including phenoxy) is 3. The number of benzene rings is 2. The van der Waals surface area contributed by atoms with E-state index in [4.69, 9.17) is 14.2 Å². The van der Waals surface area contributed by atoms with Gasteiger partial charge in [0.25, 0.3) is 0 Å². The summed E-state index contributed by atoms with van der Waals surface area (Å²) in [6, 6.07) is 9.83. The lowest BCUT2D eigenvalue weighted by atomic mass is 10.1. The molecule has 0 aliphatic rings. The third kappa shape index (κ3) is 3.83. The topological polar surface area (TPSA) is 65.0 Å². The van der Waals surface area contributed by atoms with E-state index < -0.39 is 0 Å². The Morgan fingerprint density at radius 3 is 2.22 bits per heavy atom. The van der Waals surface area contributed by atoms with Gasteiger partial charge in [0.15, 0.2) is 5.78 Å². The number of carbonyl (C=O) groups excluding carboxylic acids is 1. The van der Waals surface area contributed by atoms with Crippen molar-refractivity contribution in [1.29, 1.82) is 0 Å². The molecule has 1 N–H and O–H groups in total. The van der Waals surface area contributed by atoms with Crippen LogP contribution in [0.25, 0.3) is 6.08 Å². The first-order valence-electron chi connectivity index (χ1n) is 6.90. The molecule has 0 amide bonds. The predicted molar refractivity (Wildman–Crippen MR) is 87.6 cm³/mol. The van der Waals surface area contributed by atoms with Crippen molar-refractivity contribution in [3.05, 3.63) is 53.6 Å². The molecule has 2 aromatic carbocycles. The van der Waals surface area contributed by atoms with Crippen molar-refractivity contribution >= 4 is 11.9 Å². The summed E-state index contributed by atoms with van der Waals surface area (Å²) in [7, 11) is 4.61. The highest BCUT2D eigenvalue weighted by Crippen LogP contribution is 2.27. The summed E-state index contributed by atoms with van der Waals surface area (Å²) in [5.74, 6) is 1.30. The summed E-state index contributed by atoms with van der Waals surface area (Å²) in [5, 5.41) is 9.88. The van der Waals surface area contributed by atoms with Gasteiger partial charge in [-0.15, -0.1) is 0 Å². The third-order valence-corrected chi connectivity index (χ3v) is 3.33. The molecule has 5 nitrogen and oxygen atoms in total. The largest absolute Gasteiger partial charge is 0.507 e. The quantitative estimate of drug-likeness (QED) is 0.654. The Labute approximate surface area is 134 Å². The monoisotopic (exact) mass is 314 g/mol. The van der Waals surface area contributed by atoms with Gasteiger partial charge in [-0.2, -0.15) is 0 Å². The number of aromatic hydroxyl groups is 1. The molecule has 0 unspecified atom stereocenters. The lowest BCUT2D eigenvalue weighted by Crippen LogP contribution is -1.96. The number of hydrogen-bond acceptors (Lipinski definition) is 5. The minimum atomic E-state index is -0.317. The Morgan fingerprint density at radius 1 is 0.957 bits per heavy atom. The average Bonchev–Trinajstić information content (AvgIpc) is 2.59. The molecule has 0 fully saturated rings. The van der Waals surface area contributed by atoms with Crippen LogP contribution in [0.15, 0.2) is 42.5 Å². The van der Waals surface area contributed by atoms with Crippen LogP contribution in [0, 0.1) is 0 Å². The smallest absolute Gasteiger partial charge is 0.189 e. The van der Waals surface area contributed by atoms with E-state index in [2.05, 4.69) is 0 Å². The average molecular weight is 314 g/mol. The van der Waals surface area contributed by atoms with Gasteiger partial charge in [-0.1, -0.05) is 0 Å². The normalized spacial score (nSPS) is 10.6. The second kappa shape index (κ2) is 7.35. The highest BCUT2D eigenvalue weighted by atomic mass is 16.5. The van der Waals surface area contributed by atoms with E-state index in [9.17, 15) is 9.90 Å². The standard InChI is InChI=1S/C18H18O5/c1-21-13-7-8-15(17(20)10-13)16(19)9-5-12-4-6-14(22-2)11-18(12)23-3/h4-11,20H,1-3H3. The molecule has 0 heterocycles. The molecule has 2 aromatic rings. The highest BCUT2D eigenvalue weighted by Gasteiger charge is 2.10. The molecule has 0 aromatic heterocycles. The number of rotatable bonds is 6. The van der Waals surface area contributed by atoms with E-state index in [1.165, 1.54) is 25.3 Å². The molecular formula is C18H18O5.